The molecule has 1 heterocycles. The molecular weight excluding hydrogens is 382 g/mol. The maximum Gasteiger partial charge on any atom is 0.304 e. The third-order valence-electron chi connectivity index (χ3n) is 4.04. The number of aliphatic hydroxyl groups excluding tert-OH is 1. The number of amides is 1. The van der Waals surface area contributed by atoms with Gasteiger partial charge in [0.15, 0.2) is 0 Å². The van der Waals surface area contributed by atoms with Gasteiger partial charge in [-0.1, -0.05) is 42.1 Å². The molecule has 2 N–H and O–H groups in total. The van der Waals surface area contributed by atoms with Crippen molar-refractivity contribution < 1.29 is 19.8 Å². The van der Waals surface area contributed by atoms with Gasteiger partial charge in [-0.05, 0) is 36.5 Å². The van der Waals surface area contributed by atoms with Crippen LogP contribution < -0.4 is 0 Å². The van der Waals surface area contributed by atoms with Crippen LogP contribution in [0, 0.1) is 0 Å². The summed E-state index contributed by atoms with van der Waals surface area (Å²) in [7, 11) is 0. The summed E-state index contributed by atoms with van der Waals surface area (Å²) in [5.74, 6) is -0.174. The van der Waals surface area contributed by atoms with E-state index in [9.17, 15) is 14.7 Å². The molecule has 7 heteroatoms. The van der Waals surface area contributed by atoms with E-state index in [0.717, 1.165) is 17.7 Å². The number of aliphatic carboxylic acids is 1. The van der Waals surface area contributed by atoms with E-state index in [-0.39, 0.29) is 18.4 Å². The van der Waals surface area contributed by atoms with E-state index in [4.69, 9.17) is 5.11 Å². The largest absolute Gasteiger partial charge is 0.481 e. The summed E-state index contributed by atoms with van der Waals surface area (Å²) in [6.45, 7) is 0.496. The molecule has 1 aliphatic heterocycles. The van der Waals surface area contributed by atoms with Gasteiger partial charge in [0.1, 0.15) is 5.44 Å². The van der Waals surface area contributed by atoms with Crippen molar-refractivity contribution >= 4 is 35.4 Å². The Bertz CT molecular complexity index is 663. The number of carbonyl (C=O) groups is 2. The lowest BCUT2D eigenvalue weighted by Crippen LogP contribution is -2.42. The first kappa shape index (κ1) is 21.6. The third-order valence-corrected chi connectivity index (χ3v) is 5.81. The molecule has 1 amide bonds. The van der Waals surface area contributed by atoms with E-state index < -0.39 is 11.4 Å². The Morgan fingerprint density at radius 2 is 2.11 bits per heavy atom. The molecule has 0 bridgehead atoms. The standard InChI is InChI=1S/C20H25NO4S2/c22-18-9-4-6-16(21(18)13-5-14-26-15-12-19(23)24)10-11-20(25)27-17-7-2-1-3-8-17/h1-3,5,7-8,10-11,14,16,20,25H,4,6,9,12-13,15H2,(H,23,24)/b11-10+,14-5-/t16-,20?/m1/s1. The number of hydrogen-bond donors (Lipinski definition) is 2. The second kappa shape index (κ2) is 11.9. The molecule has 1 saturated heterocycles. The van der Waals surface area contributed by atoms with Crippen molar-refractivity contribution in [3.63, 3.8) is 0 Å². The number of likely N-dealkylation sites (tertiary alicyclic amines) is 1. The van der Waals surface area contributed by atoms with Crippen LogP contribution in [0.25, 0.3) is 0 Å². The number of benzene rings is 1. The molecule has 2 atom stereocenters. The highest BCUT2D eigenvalue weighted by Crippen LogP contribution is 2.24. The molecule has 1 aromatic carbocycles. The number of carbonyl (C=O) groups excluding carboxylic acids is 1. The molecule has 0 saturated carbocycles. The van der Waals surface area contributed by atoms with Gasteiger partial charge in [0, 0.05) is 23.6 Å². The van der Waals surface area contributed by atoms with E-state index in [2.05, 4.69) is 0 Å². The van der Waals surface area contributed by atoms with Crippen LogP contribution in [0.1, 0.15) is 25.7 Å². The van der Waals surface area contributed by atoms with Crippen LogP contribution in [0.3, 0.4) is 0 Å². The summed E-state index contributed by atoms with van der Waals surface area (Å²) in [5.41, 5.74) is -0.659. The molecule has 0 aliphatic carbocycles. The Morgan fingerprint density at radius 3 is 2.85 bits per heavy atom. The van der Waals surface area contributed by atoms with E-state index in [1.54, 1.807) is 6.08 Å². The van der Waals surface area contributed by atoms with Crippen molar-refractivity contribution in [3.05, 3.63) is 54.0 Å². The van der Waals surface area contributed by atoms with Gasteiger partial charge in [-0.25, -0.2) is 0 Å². The molecule has 5 nitrogen and oxygen atoms in total. The van der Waals surface area contributed by atoms with Gasteiger partial charge in [-0.2, -0.15) is 0 Å². The lowest BCUT2D eigenvalue weighted by molar-refractivity contribution is -0.136. The predicted molar refractivity (Wildman–Crippen MR) is 111 cm³/mol. The molecule has 146 valence electrons. The molecule has 1 unspecified atom stereocenters. The number of aliphatic hydroxyl groups is 1. The molecular formula is C20H25NO4S2. The minimum absolute atomic E-state index is 0.0223. The van der Waals surface area contributed by atoms with Crippen molar-refractivity contribution in [1.82, 2.24) is 4.90 Å². The highest BCUT2D eigenvalue weighted by Gasteiger charge is 2.25. The molecule has 0 spiro atoms. The second-order valence-corrected chi connectivity index (χ2v) is 8.30. The Morgan fingerprint density at radius 1 is 1.33 bits per heavy atom. The Kier molecular flexibility index (Phi) is 9.52. The number of piperidine rings is 1. The van der Waals surface area contributed by atoms with Crippen LogP contribution in [0.4, 0.5) is 0 Å². The number of carboxylic acids is 1. The van der Waals surface area contributed by atoms with Gasteiger partial charge in [0.2, 0.25) is 5.91 Å². The minimum Gasteiger partial charge on any atom is -0.481 e. The van der Waals surface area contributed by atoms with Crippen LogP contribution in [-0.2, 0) is 9.59 Å². The van der Waals surface area contributed by atoms with Gasteiger partial charge < -0.3 is 15.1 Å². The van der Waals surface area contributed by atoms with Crippen molar-refractivity contribution in [3.8, 4) is 0 Å². The lowest BCUT2D eigenvalue weighted by Gasteiger charge is -2.33. The van der Waals surface area contributed by atoms with Crippen LogP contribution in [0.5, 0.6) is 0 Å². The fourth-order valence-electron chi connectivity index (χ4n) is 2.72. The van der Waals surface area contributed by atoms with Crippen LogP contribution in [0.15, 0.2) is 58.9 Å². The monoisotopic (exact) mass is 407 g/mol. The van der Waals surface area contributed by atoms with Crippen molar-refractivity contribution in [2.75, 3.05) is 12.3 Å². The molecule has 0 aromatic heterocycles. The molecule has 1 fully saturated rings. The van der Waals surface area contributed by atoms with Crippen LogP contribution >= 0.6 is 23.5 Å². The zero-order chi connectivity index (χ0) is 19.5. The minimum atomic E-state index is -0.806. The number of rotatable bonds is 10. The Balaban J connectivity index is 1.85. The molecule has 1 aromatic rings. The van der Waals surface area contributed by atoms with Gasteiger partial charge >= 0.3 is 5.97 Å². The molecule has 2 rings (SSSR count). The fourth-order valence-corrected chi connectivity index (χ4v) is 4.14. The Labute approximate surface area is 168 Å². The van der Waals surface area contributed by atoms with E-state index in [0.29, 0.717) is 18.7 Å². The second-order valence-electron chi connectivity index (χ2n) is 6.10. The highest BCUT2D eigenvalue weighted by molar-refractivity contribution is 8.02. The summed E-state index contributed by atoms with van der Waals surface area (Å²) in [5, 5.41) is 20.7. The number of thioether (sulfide) groups is 2. The lowest BCUT2D eigenvalue weighted by atomic mass is 10.0. The smallest absolute Gasteiger partial charge is 0.304 e. The van der Waals surface area contributed by atoms with E-state index in [1.165, 1.54) is 23.5 Å². The first-order valence-electron chi connectivity index (χ1n) is 8.92. The van der Waals surface area contributed by atoms with E-state index in [1.807, 2.05) is 52.8 Å². The summed E-state index contributed by atoms with van der Waals surface area (Å²) >= 11 is 2.79. The SMILES string of the molecule is O=C(O)CCS/C=C\CN1C(=O)CCC[C@@H]1/C=C/C(O)Sc1ccccc1. The highest BCUT2D eigenvalue weighted by atomic mass is 32.2. The molecule has 27 heavy (non-hydrogen) atoms. The van der Waals surface area contributed by atoms with E-state index >= 15 is 0 Å². The zero-order valence-corrected chi connectivity index (χ0v) is 16.7. The fraction of sp³-hybridized carbons (Fsp3) is 0.400. The quantitative estimate of drug-likeness (QED) is 0.266. The maximum absolute atomic E-state index is 12.3. The Hall–Kier alpha value is -1.70. The molecule has 0 radical (unpaired) electrons. The summed E-state index contributed by atoms with van der Waals surface area (Å²) in [4.78, 5) is 25.5. The van der Waals surface area contributed by atoms with Crippen LogP contribution in [0.2, 0.25) is 0 Å². The first-order chi connectivity index (χ1) is 13.1. The zero-order valence-electron chi connectivity index (χ0n) is 15.1. The molecule has 1 aliphatic rings. The number of carboxylic acid groups (broad SMARTS) is 1. The van der Waals surface area contributed by atoms with Crippen molar-refractivity contribution in [2.24, 2.45) is 0 Å². The topological polar surface area (TPSA) is 77.8 Å². The van der Waals surface area contributed by atoms with Gasteiger partial charge in [-0.3, -0.25) is 9.59 Å². The normalized spacial score (nSPS) is 19.1. The van der Waals surface area contributed by atoms with Crippen molar-refractivity contribution in [1.29, 1.82) is 0 Å². The average molecular weight is 408 g/mol. The summed E-state index contributed by atoms with van der Waals surface area (Å²) in [6, 6.07) is 9.68. The number of hydrogen-bond acceptors (Lipinski definition) is 5. The first-order valence-corrected chi connectivity index (χ1v) is 10.8. The number of nitrogens with zero attached hydrogens (tertiary/aromatic N) is 1. The van der Waals surface area contributed by atoms with Gasteiger partial charge in [0.25, 0.3) is 0 Å². The van der Waals surface area contributed by atoms with Crippen LogP contribution in [-0.4, -0.2) is 50.8 Å². The van der Waals surface area contributed by atoms with Gasteiger partial charge in [-0.15, -0.1) is 11.8 Å². The summed E-state index contributed by atoms with van der Waals surface area (Å²) in [6.07, 6.45) is 7.97. The summed E-state index contributed by atoms with van der Waals surface area (Å²) < 4.78 is 0. The average Bonchev–Trinajstić information content (AvgIpc) is 2.65. The maximum atomic E-state index is 12.3. The third kappa shape index (κ3) is 8.24. The van der Waals surface area contributed by atoms with Crippen molar-refractivity contribution in [2.45, 2.75) is 42.1 Å². The predicted octanol–water partition coefficient (Wildman–Crippen LogP) is 3.76. The van der Waals surface area contributed by atoms with Gasteiger partial charge in [0.05, 0.1) is 12.5 Å².